The van der Waals surface area contributed by atoms with Gasteiger partial charge in [0.2, 0.25) is 0 Å². The predicted molar refractivity (Wildman–Crippen MR) is 82.0 cm³/mol. The Balaban J connectivity index is 2.06. The normalized spacial score (nSPS) is 24.5. The van der Waals surface area contributed by atoms with Gasteiger partial charge in [-0.05, 0) is 28.7 Å². The van der Waals surface area contributed by atoms with Crippen molar-refractivity contribution in [2.75, 3.05) is 0 Å². The Morgan fingerprint density at radius 3 is 2.72 bits per heavy atom. The van der Waals surface area contributed by atoms with Crippen LogP contribution in [0, 0.1) is 0 Å². The summed E-state index contributed by atoms with van der Waals surface area (Å²) in [4.78, 5) is 0.470. The van der Waals surface area contributed by atoms with Crippen molar-refractivity contribution < 1.29 is 0 Å². The van der Waals surface area contributed by atoms with Crippen LogP contribution in [-0.2, 0) is 5.41 Å². The first-order chi connectivity index (χ1) is 8.59. The summed E-state index contributed by atoms with van der Waals surface area (Å²) in [6.45, 7) is 4.65. The maximum absolute atomic E-state index is 3.69. The minimum absolute atomic E-state index is 0.125. The first kappa shape index (κ1) is 12.0. The molecule has 18 heavy (non-hydrogen) atoms. The van der Waals surface area contributed by atoms with Crippen LogP contribution in [0.4, 0.5) is 0 Å². The summed E-state index contributed by atoms with van der Waals surface area (Å²) in [5.74, 6) is 0. The maximum atomic E-state index is 3.69. The minimum Gasteiger partial charge on any atom is -0.0842 e. The van der Waals surface area contributed by atoms with E-state index >= 15 is 0 Å². The summed E-state index contributed by atoms with van der Waals surface area (Å²) < 4.78 is 0. The third kappa shape index (κ3) is 1.81. The molecule has 0 aliphatic heterocycles. The molecule has 3 rings (SSSR count). The van der Waals surface area contributed by atoms with E-state index in [0.717, 1.165) is 6.42 Å². The molecule has 2 aliphatic rings. The van der Waals surface area contributed by atoms with Gasteiger partial charge in [-0.2, -0.15) is 0 Å². The Morgan fingerprint density at radius 1 is 1.22 bits per heavy atom. The van der Waals surface area contributed by atoms with E-state index in [1.165, 1.54) is 22.3 Å². The second-order valence-corrected chi connectivity index (χ2v) is 6.74. The molecule has 0 heterocycles. The van der Waals surface area contributed by atoms with Crippen molar-refractivity contribution in [2.45, 2.75) is 30.5 Å². The molecular formula is C17H17Br. The lowest BCUT2D eigenvalue weighted by Crippen LogP contribution is -2.20. The lowest BCUT2D eigenvalue weighted by atomic mass is 9.77. The van der Waals surface area contributed by atoms with E-state index in [1.54, 1.807) is 0 Å². The van der Waals surface area contributed by atoms with Crippen LogP contribution < -0.4 is 0 Å². The zero-order valence-corrected chi connectivity index (χ0v) is 12.4. The highest BCUT2D eigenvalue weighted by molar-refractivity contribution is 9.09. The highest BCUT2D eigenvalue weighted by Crippen LogP contribution is 2.46. The van der Waals surface area contributed by atoms with E-state index in [1.807, 2.05) is 0 Å². The summed E-state index contributed by atoms with van der Waals surface area (Å²) in [5, 5.41) is 0. The third-order valence-corrected chi connectivity index (χ3v) is 4.61. The number of allylic oxidation sites excluding steroid dienone is 5. The number of hydrogen-bond acceptors (Lipinski definition) is 0. The maximum Gasteiger partial charge on any atom is 0.0368 e. The molecule has 0 aromatic heterocycles. The van der Waals surface area contributed by atoms with Crippen molar-refractivity contribution in [3.05, 3.63) is 64.8 Å². The van der Waals surface area contributed by atoms with Gasteiger partial charge in [0, 0.05) is 10.2 Å². The van der Waals surface area contributed by atoms with E-state index in [-0.39, 0.29) is 5.41 Å². The molecule has 92 valence electrons. The van der Waals surface area contributed by atoms with Crippen LogP contribution >= 0.6 is 15.9 Å². The minimum atomic E-state index is 0.125. The first-order valence-corrected chi connectivity index (χ1v) is 7.34. The molecule has 1 heteroatoms. The number of rotatable bonds is 1. The first-order valence-electron chi connectivity index (χ1n) is 6.42. The summed E-state index contributed by atoms with van der Waals surface area (Å²) in [6.07, 6.45) is 10.1. The fraction of sp³-hybridized carbons (Fsp3) is 0.294. The van der Waals surface area contributed by atoms with Crippen molar-refractivity contribution in [1.82, 2.24) is 0 Å². The summed E-state index contributed by atoms with van der Waals surface area (Å²) in [5.41, 5.74) is 5.87. The second kappa shape index (κ2) is 4.24. The van der Waals surface area contributed by atoms with Crippen LogP contribution in [0.5, 0.6) is 0 Å². The fourth-order valence-electron chi connectivity index (χ4n) is 3.01. The van der Waals surface area contributed by atoms with Crippen molar-refractivity contribution in [1.29, 1.82) is 0 Å². The number of halogens is 1. The van der Waals surface area contributed by atoms with Gasteiger partial charge in [0.05, 0.1) is 0 Å². The number of alkyl halides is 1. The predicted octanol–water partition coefficient (Wildman–Crippen LogP) is 5.01. The van der Waals surface area contributed by atoms with Gasteiger partial charge < -0.3 is 0 Å². The van der Waals surface area contributed by atoms with E-state index in [9.17, 15) is 0 Å². The largest absolute Gasteiger partial charge is 0.0842 e. The summed E-state index contributed by atoms with van der Waals surface area (Å²) in [6, 6.07) is 8.73. The zero-order valence-electron chi connectivity index (χ0n) is 10.8. The molecule has 1 aromatic carbocycles. The molecule has 0 saturated heterocycles. The van der Waals surface area contributed by atoms with Gasteiger partial charge in [-0.1, -0.05) is 78.3 Å². The number of fused-ring (bicyclic) bond motifs is 1. The van der Waals surface area contributed by atoms with E-state index in [4.69, 9.17) is 0 Å². The van der Waals surface area contributed by atoms with Crippen molar-refractivity contribution >= 4 is 22.0 Å². The van der Waals surface area contributed by atoms with Gasteiger partial charge in [-0.3, -0.25) is 0 Å². The number of benzene rings is 1. The highest BCUT2D eigenvalue weighted by atomic mass is 79.9. The lowest BCUT2D eigenvalue weighted by molar-refractivity contribution is 0.639. The molecule has 0 amide bonds. The van der Waals surface area contributed by atoms with Crippen molar-refractivity contribution in [3.8, 4) is 0 Å². The van der Waals surface area contributed by atoms with E-state index in [0.29, 0.717) is 4.83 Å². The Kier molecular flexibility index (Phi) is 2.82. The lowest BCUT2D eigenvalue weighted by Gasteiger charge is -2.28. The van der Waals surface area contributed by atoms with Gasteiger partial charge in [0.25, 0.3) is 0 Å². The molecule has 0 fully saturated rings. The molecule has 1 unspecified atom stereocenters. The Morgan fingerprint density at radius 2 is 2.00 bits per heavy atom. The van der Waals surface area contributed by atoms with Crippen LogP contribution in [0.15, 0.2) is 53.6 Å². The van der Waals surface area contributed by atoms with Gasteiger partial charge in [-0.15, -0.1) is 0 Å². The van der Waals surface area contributed by atoms with Gasteiger partial charge in [0.15, 0.2) is 0 Å². The Bertz CT molecular complexity index is 573. The molecule has 0 nitrogen and oxygen atoms in total. The van der Waals surface area contributed by atoms with Crippen LogP contribution in [0.2, 0.25) is 0 Å². The molecule has 1 aromatic rings. The van der Waals surface area contributed by atoms with Crippen LogP contribution in [0.25, 0.3) is 6.08 Å². The Labute approximate surface area is 117 Å². The van der Waals surface area contributed by atoms with Gasteiger partial charge >= 0.3 is 0 Å². The van der Waals surface area contributed by atoms with Gasteiger partial charge in [0.1, 0.15) is 0 Å². The van der Waals surface area contributed by atoms with E-state index in [2.05, 4.69) is 78.3 Å². The van der Waals surface area contributed by atoms with Crippen molar-refractivity contribution in [3.63, 3.8) is 0 Å². The summed E-state index contributed by atoms with van der Waals surface area (Å²) >= 11 is 3.69. The highest BCUT2D eigenvalue weighted by Gasteiger charge is 2.34. The molecule has 0 N–H and O–H groups in total. The Hall–Kier alpha value is -1.08. The quantitative estimate of drug-likeness (QED) is 0.640. The average Bonchev–Trinajstić information content (AvgIpc) is 2.62. The second-order valence-electron chi connectivity index (χ2n) is 5.57. The third-order valence-electron chi connectivity index (χ3n) is 3.99. The molecule has 0 radical (unpaired) electrons. The van der Waals surface area contributed by atoms with Crippen LogP contribution in [0.3, 0.4) is 0 Å². The smallest absolute Gasteiger partial charge is 0.0368 e. The SMILES string of the molecule is CC1(C)C(C2=CC=CC(Br)C2)=Cc2ccccc21. The van der Waals surface area contributed by atoms with Crippen LogP contribution in [-0.4, -0.2) is 4.83 Å². The topological polar surface area (TPSA) is 0 Å². The molecule has 1 atom stereocenters. The summed E-state index contributed by atoms with van der Waals surface area (Å²) in [7, 11) is 0. The number of hydrogen-bond donors (Lipinski definition) is 0. The van der Waals surface area contributed by atoms with Gasteiger partial charge in [-0.25, -0.2) is 0 Å². The average molecular weight is 301 g/mol. The van der Waals surface area contributed by atoms with Crippen molar-refractivity contribution in [2.24, 2.45) is 0 Å². The molecule has 2 aliphatic carbocycles. The fourth-order valence-corrected chi connectivity index (χ4v) is 3.53. The zero-order chi connectivity index (χ0) is 12.8. The molecule has 0 bridgehead atoms. The monoisotopic (exact) mass is 300 g/mol. The van der Waals surface area contributed by atoms with Crippen LogP contribution in [0.1, 0.15) is 31.4 Å². The standard InChI is InChI=1S/C17H17Br/c1-17(2)15-9-4-3-6-13(15)11-16(17)12-7-5-8-14(18)10-12/h3-9,11,14H,10H2,1-2H3. The molecular weight excluding hydrogens is 284 g/mol. The molecule has 0 spiro atoms. The van der Waals surface area contributed by atoms with E-state index < -0.39 is 0 Å². The molecule has 0 saturated carbocycles.